The van der Waals surface area contributed by atoms with E-state index in [-0.39, 0.29) is 17.9 Å². The van der Waals surface area contributed by atoms with Crippen LogP contribution in [-0.4, -0.2) is 36.1 Å². The highest BCUT2D eigenvalue weighted by atomic mass is 16.5. The van der Waals surface area contributed by atoms with Gasteiger partial charge in [-0.25, -0.2) is 0 Å². The molecule has 0 radical (unpaired) electrons. The maximum Gasteiger partial charge on any atom is 0.305 e. The first-order chi connectivity index (χ1) is 20.4. The summed E-state index contributed by atoms with van der Waals surface area (Å²) < 4.78 is 19.2. The SMILES string of the molecule is CCOC(=O)CCCn1cc(C(=O)c2ccc(OCCC(OCC)c3ccc(CC(C)C)cc3)cc2)c2ccccc21. The fourth-order valence-corrected chi connectivity index (χ4v) is 5.27. The molecule has 1 aromatic heterocycles. The molecule has 0 saturated carbocycles. The molecule has 0 fully saturated rings. The van der Waals surface area contributed by atoms with E-state index in [2.05, 4.69) is 38.1 Å². The lowest BCUT2D eigenvalue weighted by Crippen LogP contribution is -2.10. The lowest BCUT2D eigenvalue weighted by Gasteiger charge is -2.18. The number of fused-ring (bicyclic) bond motifs is 1. The van der Waals surface area contributed by atoms with Gasteiger partial charge in [-0.05, 0) is 74.1 Å². The van der Waals surface area contributed by atoms with Gasteiger partial charge in [-0.1, -0.05) is 56.3 Å². The van der Waals surface area contributed by atoms with Gasteiger partial charge in [0.15, 0.2) is 5.78 Å². The van der Waals surface area contributed by atoms with E-state index in [1.807, 2.05) is 66.2 Å². The van der Waals surface area contributed by atoms with Crippen molar-refractivity contribution in [3.63, 3.8) is 0 Å². The van der Waals surface area contributed by atoms with Gasteiger partial charge in [0.1, 0.15) is 5.75 Å². The number of aromatic nitrogens is 1. The Morgan fingerprint density at radius 1 is 0.881 bits per heavy atom. The van der Waals surface area contributed by atoms with Crippen LogP contribution in [0, 0.1) is 5.92 Å². The Balaban J connectivity index is 1.37. The summed E-state index contributed by atoms with van der Waals surface area (Å²) in [7, 11) is 0. The minimum Gasteiger partial charge on any atom is -0.493 e. The summed E-state index contributed by atoms with van der Waals surface area (Å²) in [6.07, 6.45) is 4.66. The molecule has 3 aromatic carbocycles. The van der Waals surface area contributed by atoms with Gasteiger partial charge in [0, 0.05) is 54.2 Å². The Bertz CT molecular complexity index is 1440. The Hall–Kier alpha value is -3.90. The Kier molecular flexibility index (Phi) is 11.4. The fraction of sp³-hybridized carbons (Fsp3) is 0.389. The van der Waals surface area contributed by atoms with Crippen LogP contribution in [0.4, 0.5) is 0 Å². The van der Waals surface area contributed by atoms with Gasteiger partial charge < -0.3 is 18.8 Å². The molecule has 4 aromatic rings. The zero-order valence-corrected chi connectivity index (χ0v) is 25.3. The van der Waals surface area contributed by atoms with Gasteiger partial charge in [0.2, 0.25) is 0 Å². The molecule has 0 bridgehead atoms. The molecule has 1 heterocycles. The normalized spacial score (nSPS) is 12.0. The fourth-order valence-electron chi connectivity index (χ4n) is 5.27. The third-order valence-corrected chi connectivity index (χ3v) is 7.25. The van der Waals surface area contributed by atoms with E-state index in [0.29, 0.717) is 56.3 Å². The summed E-state index contributed by atoms with van der Waals surface area (Å²) in [4.78, 5) is 25.3. The Morgan fingerprint density at radius 2 is 1.62 bits per heavy atom. The number of nitrogens with zero attached hydrogens (tertiary/aromatic N) is 1. The largest absolute Gasteiger partial charge is 0.493 e. The van der Waals surface area contributed by atoms with Crippen molar-refractivity contribution in [2.75, 3.05) is 19.8 Å². The van der Waals surface area contributed by atoms with Crippen molar-refractivity contribution in [3.8, 4) is 5.75 Å². The number of rotatable bonds is 16. The number of hydrogen-bond acceptors (Lipinski definition) is 5. The quantitative estimate of drug-likeness (QED) is 0.101. The first-order valence-electron chi connectivity index (χ1n) is 15.1. The molecule has 42 heavy (non-hydrogen) atoms. The van der Waals surface area contributed by atoms with E-state index in [9.17, 15) is 9.59 Å². The van der Waals surface area contributed by atoms with Gasteiger partial charge in [-0.2, -0.15) is 0 Å². The van der Waals surface area contributed by atoms with Crippen molar-refractivity contribution in [2.24, 2.45) is 5.92 Å². The number of carbonyl (C=O) groups is 2. The summed E-state index contributed by atoms with van der Waals surface area (Å²) in [6, 6.07) is 23.9. The standard InChI is InChI=1S/C36H43NO5/c1-5-40-34(28-15-13-27(14-16-28)24-26(3)4)21-23-42-30-19-17-29(18-20-30)36(39)32-25-37(22-9-12-35(38)41-6-2)33-11-8-7-10-31(32)33/h7-8,10-11,13-20,25-26,34H,5-6,9,12,21-24H2,1-4H3. The highest BCUT2D eigenvalue weighted by molar-refractivity contribution is 6.16. The molecule has 0 aliphatic carbocycles. The average Bonchev–Trinajstić information content (AvgIpc) is 3.35. The molecule has 0 saturated heterocycles. The van der Waals surface area contributed by atoms with Crippen LogP contribution in [-0.2, 0) is 27.2 Å². The molecule has 0 N–H and O–H groups in total. The second-order valence-electron chi connectivity index (χ2n) is 10.9. The van der Waals surface area contributed by atoms with E-state index in [0.717, 1.165) is 35.1 Å². The number of benzene rings is 3. The van der Waals surface area contributed by atoms with Crippen LogP contribution in [0.3, 0.4) is 0 Å². The summed E-state index contributed by atoms with van der Waals surface area (Å²) in [5, 5.41) is 0.901. The zero-order chi connectivity index (χ0) is 29.9. The minimum atomic E-state index is -0.197. The number of carbonyl (C=O) groups excluding carboxylic acids is 2. The maximum absolute atomic E-state index is 13.5. The first kappa shape index (κ1) is 31.0. The molecule has 1 unspecified atom stereocenters. The molecular formula is C36H43NO5. The summed E-state index contributed by atoms with van der Waals surface area (Å²) in [6.45, 7) is 10.4. The zero-order valence-electron chi connectivity index (χ0n) is 25.3. The molecule has 222 valence electrons. The predicted octanol–water partition coefficient (Wildman–Crippen LogP) is 7.96. The Labute approximate surface area is 249 Å². The van der Waals surface area contributed by atoms with Crippen molar-refractivity contribution >= 4 is 22.7 Å². The summed E-state index contributed by atoms with van der Waals surface area (Å²) in [5.74, 6) is 1.11. The van der Waals surface area contributed by atoms with Crippen molar-refractivity contribution in [2.45, 2.75) is 66.0 Å². The number of ketones is 1. The number of para-hydroxylation sites is 1. The molecular weight excluding hydrogens is 526 g/mol. The van der Waals surface area contributed by atoms with E-state index >= 15 is 0 Å². The monoisotopic (exact) mass is 569 g/mol. The van der Waals surface area contributed by atoms with Crippen LogP contribution in [0.15, 0.2) is 79.0 Å². The van der Waals surface area contributed by atoms with Crippen molar-refractivity contribution in [3.05, 3.63) is 101 Å². The van der Waals surface area contributed by atoms with Gasteiger partial charge >= 0.3 is 5.97 Å². The van der Waals surface area contributed by atoms with Crippen LogP contribution in [0.25, 0.3) is 10.9 Å². The van der Waals surface area contributed by atoms with E-state index in [4.69, 9.17) is 14.2 Å². The summed E-state index contributed by atoms with van der Waals surface area (Å²) in [5.41, 5.74) is 4.73. The number of aryl methyl sites for hydroxylation is 1. The molecule has 6 nitrogen and oxygen atoms in total. The molecule has 0 spiro atoms. The maximum atomic E-state index is 13.5. The lowest BCUT2D eigenvalue weighted by atomic mass is 9.99. The average molecular weight is 570 g/mol. The number of hydrogen-bond donors (Lipinski definition) is 0. The highest BCUT2D eigenvalue weighted by Gasteiger charge is 2.17. The topological polar surface area (TPSA) is 66.8 Å². The predicted molar refractivity (Wildman–Crippen MR) is 167 cm³/mol. The van der Waals surface area contributed by atoms with Crippen molar-refractivity contribution in [1.82, 2.24) is 4.57 Å². The second-order valence-corrected chi connectivity index (χ2v) is 10.9. The Morgan fingerprint density at radius 3 is 2.31 bits per heavy atom. The van der Waals surface area contributed by atoms with E-state index < -0.39 is 0 Å². The molecule has 6 heteroatoms. The van der Waals surface area contributed by atoms with Gasteiger partial charge in [-0.3, -0.25) is 9.59 Å². The van der Waals surface area contributed by atoms with Crippen LogP contribution in [0.2, 0.25) is 0 Å². The van der Waals surface area contributed by atoms with Gasteiger partial charge in [0.25, 0.3) is 0 Å². The van der Waals surface area contributed by atoms with Crippen LogP contribution in [0.1, 0.15) is 80.1 Å². The third kappa shape index (κ3) is 8.32. The minimum absolute atomic E-state index is 0.0291. The van der Waals surface area contributed by atoms with Crippen LogP contribution >= 0.6 is 0 Å². The molecule has 0 aliphatic heterocycles. The molecule has 4 rings (SSSR count). The van der Waals surface area contributed by atoms with E-state index in [1.54, 1.807) is 6.92 Å². The number of ether oxygens (including phenoxy) is 3. The van der Waals surface area contributed by atoms with E-state index in [1.165, 1.54) is 5.56 Å². The number of esters is 1. The first-order valence-corrected chi connectivity index (χ1v) is 15.1. The smallest absolute Gasteiger partial charge is 0.305 e. The lowest BCUT2D eigenvalue weighted by molar-refractivity contribution is -0.143. The van der Waals surface area contributed by atoms with Gasteiger partial charge in [0.05, 0.1) is 19.3 Å². The van der Waals surface area contributed by atoms with Crippen molar-refractivity contribution in [1.29, 1.82) is 0 Å². The summed E-state index contributed by atoms with van der Waals surface area (Å²) >= 11 is 0. The second kappa shape index (κ2) is 15.4. The molecule has 0 amide bonds. The van der Waals surface area contributed by atoms with Crippen LogP contribution < -0.4 is 4.74 Å². The van der Waals surface area contributed by atoms with Crippen molar-refractivity contribution < 1.29 is 23.8 Å². The highest BCUT2D eigenvalue weighted by Crippen LogP contribution is 2.26. The van der Waals surface area contributed by atoms with Gasteiger partial charge in [-0.15, -0.1) is 0 Å². The third-order valence-electron chi connectivity index (χ3n) is 7.25. The molecule has 0 aliphatic rings. The van der Waals surface area contributed by atoms with Crippen LogP contribution in [0.5, 0.6) is 5.75 Å². The molecule has 1 atom stereocenters.